The van der Waals surface area contributed by atoms with E-state index in [9.17, 15) is 4.79 Å². The van der Waals surface area contributed by atoms with E-state index in [1.54, 1.807) is 0 Å². The van der Waals surface area contributed by atoms with Crippen molar-refractivity contribution < 1.29 is 9.53 Å². The lowest BCUT2D eigenvalue weighted by Crippen LogP contribution is -2.43. The number of ether oxygens (including phenoxy) is 1. The quantitative estimate of drug-likeness (QED) is 0.840. The Balaban J connectivity index is 1.84. The van der Waals surface area contributed by atoms with Gasteiger partial charge in [0, 0.05) is 11.7 Å². The van der Waals surface area contributed by atoms with Gasteiger partial charge in [0.1, 0.15) is 5.75 Å². The number of benzene rings is 2. The summed E-state index contributed by atoms with van der Waals surface area (Å²) in [7, 11) is 0. The van der Waals surface area contributed by atoms with Gasteiger partial charge >= 0.3 is 0 Å². The number of hydrogen-bond acceptors (Lipinski definition) is 2. The minimum atomic E-state index is -0.515. The molecule has 2 aromatic rings. The van der Waals surface area contributed by atoms with E-state index in [1.807, 2.05) is 49.9 Å². The van der Waals surface area contributed by atoms with Crippen LogP contribution < -0.4 is 9.64 Å². The maximum Gasteiger partial charge on any atom is 0.268 e. The lowest BCUT2D eigenvalue weighted by molar-refractivity contribution is -0.124. The molecule has 1 amide bonds. The van der Waals surface area contributed by atoms with Crippen LogP contribution in [0.5, 0.6) is 5.75 Å². The Labute approximate surface area is 144 Å². The molecule has 1 aliphatic heterocycles. The van der Waals surface area contributed by atoms with Crippen molar-refractivity contribution in [3.05, 3.63) is 58.7 Å². The molecule has 3 nitrogen and oxygen atoms in total. The molecule has 0 N–H and O–H groups in total. The lowest BCUT2D eigenvalue weighted by atomic mass is 10.1. The molecular formula is C21H25NO2. The first-order chi connectivity index (χ1) is 11.4. The van der Waals surface area contributed by atoms with Crippen LogP contribution in [-0.2, 0) is 11.2 Å². The largest absolute Gasteiger partial charge is 0.481 e. The number of rotatable bonds is 3. The Hall–Kier alpha value is -2.29. The minimum absolute atomic E-state index is 0.0195. The molecule has 0 spiro atoms. The Kier molecular flexibility index (Phi) is 4.35. The van der Waals surface area contributed by atoms with E-state index < -0.39 is 6.10 Å². The van der Waals surface area contributed by atoms with Gasteiger partial charge in [-0.15, -0.1) is 0 Å². The summed E-state index contributed by atoms with van der Waals surface area (Å²) in [6.45, 7) is 10.1. The number of fused-ring (bicyclic) bond motifs is 1. The van der Waals surface area contributed by atoms with Crippen LogP contribution in [0.15, 0.2) is 36.4 Å². The first kappa shape index (κ1) is 16.6. The topological polar surface area (TPSA) is 29.5 Å². The molecule has 1 aliphatic rings. The molecule has 3 heteroatoms. The molecule has 24 heavy (non-hydrogen) atoms. The van der Waals surface area contributed by atoms with Crippen molar-refractivity contribution in [3.8, 4) is 5.75 Å². The van der Waals surface area contributed by atoms with Gasteiger partial charge in [-0.2, -0.15) is 0 Å². The number of aryl methyl sites for hydroxylation is 2. The summed E-state index contributed by atoms with van der Waals surface area (Å²) in [5, 5.41) is 0. The Morgan fingerprint density at radius 2 is 1.92 bits per heavy atom. The first-order valence-corrected chi connectivity index (χ1v) is 8.54. The monoisotopic (exact) mass is 323 g/mol. The van der Waals surface area contributed by atoms with Gasteiger partial charge in [0.25, 0.3) is 5.91 Å². The summed E-state index contributed by atoms with van der Waals surface area (Å²) in [5.74, 6) is 0.819. The molecule has 0 saturated heterocycles. The highest BCUT2D eigenvalue weighted by Gasteiger charge is 2.34. The number of anilines is 1. The summed E-state index contributed by atoms with van der Waals surface area (Å²) in [6, 6.07) is 12.4. The molecule has 1 heterocycles. The lowest BCUT2D eigenvalue weighted by Gasteiger charge is -2.27. The molecule has 0 bridgehead atoms. The van der Waals surface area contributed by atoms with Crippen molar-refractivity contribution in [1.29, 1.82) is 0 Å². The number of carbonyl (C=O) groups is 1. The van der Waals surface area contributed by atoms with Gasteiger partial charge in [0.15, 0.2) is 6.10 Å². The smallest absolute Gasteiger partial charge is 0.268 e. The molecule has 2 unspecified atom stereocenters. The standard InChI is InChI=1S/C21H25NO2/c1-13-10-14(2)16(4)20(11-13)24-17(5)21(23)22-15(3)12-18-8-6-7-9-19(18)22/h6-11,15,17H,12H2,1-5H3. The van der Waals surface area contributed by atoms with Gasteiger partial charge in [0.2, 0.25) is 0 Å². The van der Waals surface area contributed by atoms with Crippen molar-refractivity contribution in [2.24, 2.45) is 0 Å². The second-order valence-electron chi connectivity index (χ2n) is 6.86. The molecular weight excluding hydrogens is 298 g/mol. The molecule has 0 aromatic heterocycles. The van der Waals surface area contributed by atoms with Crippen LogP contribution in [0.2, 0.25) is 0 Å². The zero-order valence-corrected chi connectivity index (χ0v) is 15.1. The first-order valence-electron chi connectivity index (χ1n) is 8.54. The SMILES string of the molecule is Cc1cc(C)c(C)c(OC(C)C(=O)N2c3ccccc3CC2C)c1. The molecule has 2 aromatic carbocycles. The maximum atomic E-state index is 13.0. The van der Waals surface area contributed by atoms with Gasteiger partial charge in [0.05, 0.1) is 0 Å². The van der Waals surface area contributed by atoms with E-state index in [0.717, 1.165) is 29.0 Å². The number of para-hydroxylation sites is 1. The van der Waals surface area contributed by atoms with E-state index in [1.165, 1.54) is 11.1 Å². The van der Waals surface area contributed by atoms with Crippen LogP contribution in [0, 0.1) is 20.8 Å². The highest BCUT2D eigenvalue weighted by Crippen LogP contribution is 2.33. The van der Waals surface area contributed by atoms with Gasteiger partial charge < -0.3 is 9.64 Å². The predicted molar refractivity (Wildman–Crippen MR) is 97.8 cm³/mol. The molecule has 0 radical (unpaired) electrons. The van der Waals surface area contributed by atoms with E-state index in [-0.39, 0.29) is 11.9 Å². The number of hydrogen-bond donors (Lipinski definition) is 0. The van der Waals surface area contributed by atoms with Crippen LogP contribution in [0.4, 0.5) is 5.69 Å². The molecule has 2 atom stereocenters. The fourth-order valence-electron chi connectivity index (χ4n) is 3.46. The highest BCUT2D eigenvalue weighted by atomic mass is 16.5. The normalized spacial score (nSPS) is 17.5. The van der Waals surface area contributed by atoms with Crippen molar-refractivity contribution >= 4 is 11.6 Å². The summed E-state index contributed by atoms with van der Waals surface area (Å²) < 4.78 is 6.05. The zero-order valence-electron chi connectivity index (χ0n) is 15.1. The van der Waals surface area contributed by atoms with Crippen LogP contribution in [0.25, 0.3) is 0 Å². The van der Waals surface area contributed by atoms with Crippen LogP contribution in [-0.4, -0.2) is 18.1 Å². The van der Waals surface area contributed by atoms with E-state index in [4.69, 9.17) is 4.74 Å². The Morgan fingerprint density at radius 3 is 2.67 bits per heavy atom. The number of carbonyl (C=O) groups excluding carboxylic acids is 1. The van der Waals surface area contributed by atoms with E-state index in [2.05, 4.69) is 26.0 Å². The van der Waals surface area contributed by atoms with Gasteiger partial charge in [-0.05, 0) is 75.4 Å². The Morgan fingerprint density at radius 1 is 1.21 bits per heavy atom. The van der Waals surface area contributed by atoms with Crippen molar-refractivity contribution in [2.75, 3.05) is 4.90 Å². The number of amides is 1. The molecule has 126 valence electrons. The summed E-state index contributed by atoms with van der Waals surface area (Å²) >= 11 is 0. The Bertz CT molecular complexity index is 781. The third-order valence-corrected chi connectivity index (χ3v) is 4.86. The molecule has 0 aliphatic carbocycles. The number of nitrogens with zero attached hydrogens (tertiary/aromatic N) is 1. The average Bonchev–Trinajstić information content (AvgIpc) is 2.87. The zero-order chi connectivity index (χ0) is 17.4. The third kappa shape index (κ3) is 2.91. The maximum absolute atomic E-state index is 13.0. The predicted octanol–water partition coefficient (Wildman–Crippen LogP) is 4.36. The van der Waals surface area contributed by atoms with Gasteiger partial charge in [-0.25, -0.2) is 0 Å². The molecule has 3 rings (SSSR count). The second kappa shape index (κ2) is 6.31. The summed E-state index contributed by atoms with van der Waals surface area (Å²) in [4.78, 5) is 14.9. The second-order valence-corrected chi connectivity index (χ2v) is 6.86. The van der Waals surface area contributed by atoms with E-state index in [0.29, 0.717) is 0 Å². The van der Waals surface area contributed by atoms with Gasteiger partial charge in [-0.1, -0.05) is 24.3 Å². The van der Waals surface area contributed by atoms with Crippen LogP contribution in [0.3, 0.4) is 0 Å². The fraction of sp³-hybridized carbons (Fsp3) is 0.381. The van der Waals surface area contributed by atoms with E-state index >= 15 is 0 Å². The van der Waals surface area contributed by atoms with Crippen molar-refractivity contribution in [1.82, 2.24) is 0 Å². The minimum Gasteiger partial charge on any atom is -0.481 e. The van der Waals surface area contributed by atoms with Gasteiger partial charge in [-0.3, -0.25) is 4.79 Å². The van der Waals surface area contributed by atoms with Crippen molar-refractivity contribution in [3.63, 3.8) is 0 Å². The van der Waals surface area contributed by atoms with Crippen LogP contribution in [0.1, 0.15) is 36.1 Å². The summed E-state index contributed by atoms with van der Waals surface area (Å²) in [6.07, 6.45) is 0.385. The van der Waals surface area contributed by atoms with Crippen molar-refractivity contribution in [2.45, 2.75) is 53.2 Å². The highest BCUT2D eigenvalue weighted by molar-refractivity contribution is 5.99. The summed E-state index contributed by atoms with van der Waals surface area (Å²) in [5.41, 5.74) is 5.67. The molecule has 0 saturated carbocycles. The fourth-order valence-corrected chi connectivity index (χ4v) is 3.46. The average molecular weight is 323 g/mol. The third-order valence-electron chi connectivity index (χ3n) is 4.86. The molecule has 0 fully saturated rings. The van der Waals surface area contributed by atoms with Crippen LogP contribution >= 0.6 is 0 Å².